The van der Waals surface area contributed by atoms with Crippen LogP contribution in [-0.4, -0.2) is 52.6 Å². The van der Waals surface area contributed by atoms with E-state index in [9.17, 15) is 9.59 Å². The molecule has 2 aliphatic heterocycles. The highest BCUT2D eigenvalue weighted by Gasteiger charge is 2.43. The van der Waals surface area contributed by atoms with Crippen LogP contribution >= 0.6 is 0 Å². The summed E-state index contributed by atoms with van der Waals surface area (Å²) >= 11 is 0. The second-order valence-electron chi connectivity index (χ2n) is 7.65. The van der Waals surface area contributed by atoms with Crippen molar-refractivity contribution in [3.8, 4) is 0 Å². The zero-order valence-electron chi connectivity index (χ0n) is 14.7. The molecular formula is C18H26N4O3. The van der Waals surface area contributed by atoms with Gasteiger partial charge in [0.1, 0.15) is 6.04 Å². The molecule has 1 aromatic rings. The van der Waals surface area contributed by atoms with Crippen molar-refractivity contribution in [3.05, 3.63) is 18.2 Å². The maximum atomic E-state index is 12.8. The molecule has 4 rings (SSSR count). The zero-order chi connectivity index (χ0) is 17.4. The molecule has 1 saturated carbocycles. The normalized spacial score (nSPS) is 29.2. The van der Waals surface area contributed by atoms with Gasteiger partial charge < -0.3 is 19.5 Å². The lowest BCUT2D eigenvalue weighted by atomic mass is 10.0. The molecule has 0 radical (unpaired) electrons. The summed E-state index contributed by atoms with van der Waals surface area (Å²) in [7, 11) is 0. The number of amides is 2. The third kappa shape index (κ3) is 3.42. The number of fused-ring (bicyclic) bond motifs is 1. The Morgan fingerprint density at radius 1 is 1.36 bits per heavy atom. The number of nitrogens with one attached hydrogen (secondary N) is 1. The van der Waals surface area contributed by atoms with Crippen molar-refractivity contribution < 1.29 is 14.3 Å². The average molecular weight is 346 g/mol. The van der Waals surface area contributed by atoms with Crippen molar-refractivity contribution in [2.75, 3.05) is 26.3 Å². The molecule has 0 unspecified atom stereocenters. The molecule has 1 aliphatic carbocycles. The lowest BCUT2D eigenvalue weighted by molar-refractivity contribution is -0.136. The zero-order valence-corrected chi connectivity index (χ0v) is 14.7. The van der Waals surface area contributed by atoms with E-state index in [0.717, 1.165) is 38.2 Å². The van der Waals surface area contributed by atoms with Gasteiger partial charge in [-0.15, -0.1) is 0 Å². The smallest absolute Gasteiger partial charge is 0.244 e. The fraction of sp³-hybridized carbons (Fsp3) is 0.722. The van der Waals surface area contributed by atoms with Crippen LogP contribution in [0, 0.1) is 17.8 Å². The van der Waals surface area contributed by atoms with E-state index in [1.807, 2.05) is 9.47 Å². The number of nitrogens with zero attached hydrogens (tertiary/aromatic N) is 3. The second-order valence-corrected chi connectivity index (χ2v) is 7.65. The quantitative estimate of drug-likeness (QED) is 0.881. The van der Waals surface area contributed by atoms with Crippen LogP contribution in [0.25, 0.3) is 0 Å². The van der Waals surface area contributed by atoms with Gasteiger partial charge in [0.15, 0.2) is 0 Å². The maximum Gasteiger partial charge on any atom is 0.244 e. The topological polar surface area (TPSA) is 76.5 Å². The Morgan fingerprint density at radius 2 is 2.12 bits per heavy atom. The summed E-state index contributed by atoms with van der Waals surface area (Å²) < 4.78 is 7.28. The summed E-state index contributed by atoms with van der Waals surface area (Å²) in [6.45, 7) is 5.32. The average Bonchev–Trinajstić information content (AvgIpc) is 3.17. The molecule has 3 heterocycles. The second kappa shape index (κ2) is 6.78. The van der Waals surface area contributed by atoms with Gasteiger partial charge in [0.05, 0.1) is 25.1 Å². The van der Waals surface area contributed by atoms with E-state index in [1.165, 1.54) is 0 Å². The summed E-state index contributed by atoms with van der Waals surface area (Å²) in [6.07, 6.45) is 6.41. The van der Waals surface area contributed by atoms with Crippen LogP contribution in [0.2, 0.25) is 0 Å². The lowest BCUT2D eigenvalue weighted by Gasteiger charge is -2.34. The van der Waals surface area contributed by atoms with Gasteiger partial charge >= 0.3 is 0 Å². The summed E-state index contributed by atoms with van der Waals surface area (Å²) in [5.41, 5.74) is 0.930. The Bertz CT molecular complexity index is 653. The SMILES string of the molecule is C[C@@H]1C[C@H]1C(=O)N1Cc2cncn2[C@H](C(=O)NCC2CCOCC2)C1. The van der Waals surface area contributed by atoms with Gasteiger partial charge in [-0.05, 0) is 31.1 Å². The minimum absolute atomic E-state index is 0.0212. The van der Waals surface area contributed by atoms with Gasteiger partial charge in [-0.1, -0.05) is 6.92 Å². The van der Waals surface area contributed by atoms with Crippen LogP contribution in [0.4, 0.5) is 0 Å². The predicted molar refractivity (Wildman–Crippen MR) is 90.5 cm³/mol. The number of carbonyl (C=O) groups excluding carboxylic acids is 2. The fourth-order valence-electron chi connectivity index (χ4n) is 3.88. The summed E-state index contributed by atoms with van der Waals surface area (Å²) in [5.74, 6) is 1.25. The monoisotopic (exact) mass is 346 g/mol. The van der Waals surface area contributed by atoms with Crippen LogP contribution in [0.3, 0.4) is 0 Å². The Hall–Kier alpha value is -1.89. The van der Waals surface area contributed by atoms with Crippen molar-refractivity contribution in [2.45, 2.75) is 38.8 Å². The van der Waals surface area contributed by atoms with Crippen molar-refractivity contribution in [1.82, 2.24) is 19.8 Å². The fourth-order valence-corrected chi connectivity index (χ4v) is 3.88. The van der Waals surface area contributed by atoms with Crippen molar-refractivity contribution >= 4 is 11.8 Å². The van der Waals surface area contributed by atoms with E-state index in [0.29, 0.717) is 31.5 Å². The number of aromatic nitrogens is 2. The van der Waals surface area contributed by atoms with Gasteiger partial charge in [0.2, 0.25) is 11.8 Å². The number of hydrogen-bond acceptors (Lipinski definition) is 4. The molecule has 7 nitrogen and oxygen atoms in total. The first kappa shape index (κ1) is 16.6. The van der Waals surface area contributed by atoms with Gasteiger partial charge in [-0.2, -0.15) is 0 Å². The molecule has 1 aromatic heterocycles. The summed E-state index contributed by atoms with van der Waals surface area (Å²) in [5, 5.41) is 3.08. The standard InChI is InChI=1S/C18H26N4O3/c1-12-6-15(12)18(24)21-9-14-8-19-11-22(14)16(10-21)17(23)20-7-13-2-4-25-5-3-13/h8,11-13,15-16H,2-7,9-10H2,1H3,(H,20,23)/t12-,15-,16+/m1/s1. The highest BCUT2D eigenvalue weighted by Crippen LogP contribution is 2.40. The molecule has 25 heavy (non-hydrogen) atoms. The predicted octanol–water partition coefficient (Wildman–Crippen LogP) is 0.965. The van der Waals surface area contributed by atoms with Gasteiger partial charge in [-0.25, -0.2) is 4.98 Å². The van der Waals surface area contributed by atoms with Crippen LogP contribution in [-0.2, 0) is 20.9 Å². The number of ether oxygens (including phenoxy) is 1. The summed E-state index contributed by atoms with van der Waals surface area (Å²) in [6, 6.07) is -0.385. The van der Waals surface area contributed by atoms with E-state index in [4.69, 9.17) is 4.74 Å². The van der Waals surface area contributed by atoms with Crippen LogP contribution in [0.1, 0.15) is 37.9 Å². The molecule has 1 saturated heterocycles. The van der Waals surface area contributed by atoms with Crippen LogP contribution in [0.15, 0.2) is 12.5 Å². The highest BCUT2D eigenvalue weighted by molar-refractivity contribution is 5.84. The highest BCUT2D eigenvalue weighted by atomic mass is 16.5. The third-order valence-electron chi connectivity index (χ3n) is 5.78. The van der Waals surface area contributed by atoms with E-state index in [2.05, 4.69) is 17.2 Å². The number of rotatable bonds is 4. The molecule has 7 heteroatoms. The van der Waals surface area contributed by atoms with Crippen LogP contribution in [0.5, 0.6) is 0 Å². The van der Waals surface area contributed by atoms with Gasteiger partial charge in [-0.3, -0.25) is 9.59 Å². The largest absolute Gasteiger partial charge is 0.381 e. The molecule has 0 spiro atoms. The molecule has 1 N–H and O–H groups in total. The Morgan fingerprint density at radius 3 is 2.84 bits per heavy atom. The Kier molecular flexibility index (Phi) is 4.50. The van der Waals surface area contributed by atoms with Gasteiger partial charge in [0, 0.05) is 31.9 Å². The van der Waals surface area contributed by atoms with E-state index in [1.54, 1.807) is 12.5 Å². The van der Waals surface area contributed by atoms with Crippen molar-refractivity contribution in [1.29, 1.82) is 0 Å². The Balaban J connectivity index is 1.42. The van der Waals surface area contributed by atoms with E-state index in [-0.39, 0.29) is 23.8 Å². The van der Waals surface area contributed by atoms with Crippen molar-refractivity contribution in [2.24, 2.45) is 17.8 Å². The Labute approximate surface area is 147 Å². The molecule has 3 aliphatic rings. The molecule has 2 amide bonds. The molecular weight excluding hydrogens is 320 g/mol. The molecule has 0 bridgehead atoms. The van der Waals surface area contributed by atoms with Gasteiger partial charge in [0.25, 0.3) is 0 Å². The maximum absolute atomic E-state index is 12.8. The van der Waals surface area contributed by atoms with Crippen LogP contribution < -0.4 is 5.32 Å². The molecule has 2 fully saturated rings. The minimum Gasteiger partial charge on any atom is -0.381 e. The van der Waals surface area contributed by atoms with Crippen molar-refractivity contribution in [3.63, 3.8) is 0 Å². The minimum atomic E-state index is -0.385. The molecule has 3 atom stereocenters. The van der Waals surface area contributed by atoms with E-state index < -0.39 is 0 Å². The number of hydrogen-bond donors (Lipinski definition) is 1. The molecule has 0 aromatic carbocycles. The first-order valence-corrected chi connectivity index (χ1v) is 9.28. The first-order valence-electron chi connectivity index (χ1n) is 9.28. The number of imidazole rings is 1. The third-order valence-corrected chi connectivity index (χ3v) is 5.78. The molecule has 136 valence electrons. The van der Waals surface area contributed by atoms with E-state index >= 15 is 0 Å². The lowest BCUT2D eigenvalue weighted by Crippen LogP contribution is -2.47. The number of carbonyl (C=O) groups is 2. The first-order chi connectivity index (χ1) is 12.1. The summed E-state index contributed by atoms with van der Waals surface area (Å²) in [4.78, 5) is 31.4.